The number of aliphatic carboxylic acids is 1. The number of rotatable bonds is 10. The van der Waals surface area contributed by atoms with Crippen LogP contribution in [0.2, 0.25) is 5.02 Å². The van der Waals surface area contributed by atoms with Crippen LogP contribution in [0.5, 0.6) is 5.75 Å². The molecule has 0 spiro atoms. The molecule has 0 radical (unpaired) electrons. The summed E-state index contributed by atoms with van der Waals surface area (Å²) in [4.78, 5) is 11.5. The zero-order valence-corrected chi connectivity index (χ0v) is 18.9. The Morgan fingerprint density at radius 1 is 1.03 bits per heavy atom. The number of alkyl halides is 3. The molecule has 0 atom stereocenters. The van der Waals surface area contributed by atoms with Crippen molar-refractivity contribution < 1.29 is 27.8 Å². The Balaban J connectivity index is 1.83. The highest BCUT2D eigenvalue weighted by Gasteiger charge is 2.31. The molecule has 0 aromatic heterocycles. The minimum absolute atomic E-state index is 0.273. The lowest BCUT2D eigenvalue weighted by atomic mass is 9.95. The quantitative estimate of drug-likeness (QED) is 0.307. The van der Waals surface area contributed by atoms with E-state index < -0.39 is 25.2 Å². The molecule has 0 saturated carbocycles. The number of hydrogen-bond acceptors (Lipinski definition) is 3. The zero-order chi connectivity index (χ0) is 23.8. The van der Waals surface area contributed by atoms with Gasteiger partial charge in [-0.25, -0.2) is 9.18 Å². The van der Waals surface area contributed by atoms with E-state index >= 15 is 0 Å². The Kier molecular flexibility index (Phi) is 8.47. The van der Waals surface area contributed by atoms with Crippen molar-refractivity contribution in [3.8, 4) is 5.75 Å². The fourth-order valence-corrected chi connectivity index (χ4v) is 4.17. The van der Waals surface area contributed by atoms with Gasteiger partial charge in [-0.2, -0.15) is 8.78 Å². The molecule has 0 fully saturated rings. The summed E-state index contributed by atoms with van der Waals surface area (Å²) >= 11 is 7.63. The number of carboxylic acid groups (broad SMARTS) is 1. The second-order valence-electron chi connectivity index (χ2n) is 6.99. The van der Waals surface area contributed by atoms with Crippen LogP contribution in [-0.4, -0.2) is 30.1 Å². The predicted molar refractivity (Wildman–Crippen MR) is 125 cm³/mol. The van der Waals surface area contributed by atoms with E-state index in [-0.39, 0.29) is 16.3 Å². The lowest BCUT2D eigenvalue weighted by Gasteiger charge is -2.15. The number of thioether (sulfide) groups is 1. The van der Waals surface area contributed by atoms with Gasteiger partial charge in [-0.15, -0.1) is 11.8 Å². The highest BCUT2D eigenvalue weighted by Crippen LogP contribution is 2.34. The Bertz CT molecular complexity index is 1140. The van der Waals surface area contributed by atoms with E-state index in [4.69, 9.17) is 21.4 Å². The Labute approximate surface area is 198 Å². The van der Waals surface area contributed by atoms with Gasteiger partial charge in [0.1, 0.15) is 5.75 Å². The molecule has 172 valence electrons. The molecule has 0 unspecified atom stereocenters. The average molecular weight is 493 g/mol. The summed E-state index contributed by atoms with van der Waals surface area (Å²) in [5.41, 5.74) is 1.77. The fraction of sp³-hybridized carbons (Fsp3) is 0.160. The molecule has 0 aliphatic carbocycles. The summed E-state index contributed by atoms with van der Waals surface area (Å²) < 4.78 is 45.8. The molecule has 3 aromatic carbocycles. The highest BCUT2D eigenvalue weighted by atomic mass is 35.5. The molecule has 8 heteroatoms. The van der Waals surface area contributed by atoms with Crippen LogP contribution in [0.3, 0.4) is 0 Å². The van der Waals surface area contributed by atoms with Gasteiger partial charge in [0, 0.05) is 16.2 Å². The van der Waals surface area contributed by atoms with Crippen molar-refractivity contribution in [2.24, 2.45) is 0 Å². The van der Waals surface area contributed by atoms with Gasteiger partial charge < -0.3 is 9.84 Å². The summed E-state index contributed by atoms with van der Waals surface area (Å²) in [6.07, 6.45) is 1.91. The van der Waals surface area contributed by atoms with Crippen molar-refractivity contribution in [3.05, 3.63) is 101 Å². The molecule has 0 aliphatic rings. The smallest absolute Gasteiger partial charge is 0.341 e. The normalized spacial score (nSPS) is 11.9. The van der Waals surface area contributed by atoms with Crippen molar-refractivity contribution in [3.63, 3.8) is 0 Å². The van der Waals surface area contributed by atoms with Gasteiger partial charge in [0.15, 0.2) is 13.3 Å². The summed E-state index contributed by atoms with van der Waals surface area (Å²) in [5, 5.41) is 9.00. The minimum atomic E-state index is -3.55. The van der Waals surface area contributed by atoms with Crippen LogP contribution >= 0.6 is 23.4 Å². The summed E-state index contributed by atoms with van der Waals surface area (Å²) in [6, 6.07) is 20.1. The van der Waals surface area contributed by atoms with Crippen LogP contribution in [0.4, 0.5) is 13.2 Å². The molecule has 3 rings (SSSR count). The lowest BCUT2D eigenvalue weighted by molar-refractivity contribution is -0.139. The second-order valence-corrected chi connectivity index (χ2v) is 8.49. The first-order chi connectivity index (χ1) is 15.8. The van der Waals surface area contributed by atoms with Crippen LogP contribution < -0.4 is 4.74 Å². The van der Waals surface area contributed by atoms with Gasteiger partial charge in [-0.3, -0.25) is 0 Å². The molecule has 0 bridgehead atoms. The Morgan fingerprint density at radius 2 is 1.76 bits per heavy atom. The number of benzene rings is 3. The lowest BCUT2D eigenvalue weighted by Crippen LogP contribution is -2.15. The molecular weight excluding hydrogens is 473 g/mol. The molecule has 0 saturated heterocycles. The first kappa shape index (κ1) is 24.7. The SMILES string of the molecule is O=C(O)COc1ccc(SC/C=C(/c2ccccc2)c2cccc(C(F)(F)CF)c2)cc1Cl. The molecule has 0 amide bonds. The first-order valence-corrected chi connectivity index (χ1v) is 11.2. The maximum absolute atomic E-state index is 13.9. The summed E-state index contributed by atoms with van der Waals surface area (Å²) in [6.45, 7) is -2.25. The number of carbonyl (C=O) groups is 1. The van der Waals surface area contributed by atoms with E-state index in [1.807, 2.05) is 36.4 Å². The van der Waals surface area contributed by atoms with Gasteiger partial charge in [-0.1, -0.05) is 66.2 Å². The van der Waals surface area contributed by atoms with Crippen molar-refractivity contribution in [1.29, 1.82) is 0 Å². The monoisotopic (exact) mass is 492 g/mol. The highest BCUT2D eigenvalue weighted by molar-refractivity contribution is 7.99. The van der Waals surface area contributed by atoms with Crippen molar-refractivity contribution in [2.75, 3.05) is 19.0 Å². The molecule has 1 N–H and O–H groups in total. The predicted octanol–water partition coefficient (Wildman–Crippen LogP) is 7.09. The van der Waals surface area contributed by atoms with Gasteiger partial charge >= 0.3 is 11.9 Å². The van der Waals surface area contributed by atoms with Crippen LogP contribution in [0, 0.1) is 0 Å². The third-order valence-electron chi connectivity index (χ3n) is 4.64. The third kappa shape index (κ3) is 6.79. The summed E-state index contributed by atoms with van der Waals surface area (Å²) in [7, 11) is 0. The fourth-order valence-electron chi connectivity index (χ4n) is 3.06. The van der Waals surface area contributed by atoms with Crippen molar-refractivity contribution in [1.82, 2.24) is 0 Å². The number of carboxylic acids is 1. The van der Waals surface area contributed by atoms with Gasteiger partial charge in [0.2, 0.25) is 0 Å². The van der Waals surface area contributed by atoms with E-state index in [9.17, 15) is 18.0 Å². The topological polar surface area (TPSA) is 46.5 Å². The van der Waals surface area contributed by atoms with Crippen LogP contribution in [-0.2, 0) is 10.7 Å². The van der Waals surface area contributed by atoms with Crippen LogP contribution in [0.25, 0.3) is 5.57 Å². The number of halogens is 4. The maximum Gasteiger partial charge on any atom is 0.341 e. The van der Waals surface area contributed by atoms with E-state index in [2.05, 4.69) is 0 Å². The van der Waals surface area contributed by atoms with E-state index in [1.54, 1.807) is 24.3 Å². The van der Waals surface area contributed by atoms with Crippen molar-refractivity contribution in [2.45, 2.75) is 10.8 Å². The molecular formula is C25H20ClF3O3S. The molecule has 33 heavy (non-hydrogen) atoms. The van der Waals surface area contributed by atoms with Gasteiger partial charge in [0.25, 0.3) is 0 Å². The summed E-state index contributed by atoms with van der Waals surface area (Å²) in [5.74, 6) is -3.88. The molecule has 0 aliphatic heterocycles. The van der Waals surface area contributed by atoms with E-state index in [0.29, 0.717) is 11.3 Å². The second kappa shape index (κ2) is 11.3. The van der Waals surface area contributed by atoms with Gasteiger partial charge in [-0.05, 0) is 41.0 Å². The number of hydrogen-bond donors (Lipinski definition) is 1. The molecule has 3 aromatic rings. The Morgan fingerprint density at radius 3 is 2.42 bits per heavy atom. The average Bonchev–Trinajstić information content (AvgIpc) is 2.82. The minimum Gasteiger partial charge on any atom is -0.480 e. The van der Waals surface area contributed by atoms with Crippen molar-refractivity contribution >= 4 is 34.9 Å². The zero-order valence-electron chi connectivity index (χ0n) is 17.3. The molecule has 3 nitrogen and oxygen atoms in total. The van der Waals surface area contributed by atoms with Crippen LogP contribution in [0.15, 0.2) is 83.8 Å². The standard InChI is InChI=1S/C25H20ClF3O3S/c26-22-14-20(9-10-23(22)32-15-24(30)31)33-12-11-21(17-5-2-1-3-6-17)18-7-4-8-19(13-18)25(28,29)16-27/h1-11,13-14H,12,15-16H2,(H,30,31)/b21-11-. The van der Waals surface area contributed by atoms with Gasteiger partial charge in [0.05, 0.1) is 5.02 Å². The molecule has 0 heterocycles. The Hall–Kier alpha value is -2.90. The first-order valence-electron chi connectivity index (χ1n) is 9.87. The largest absolute Gasteiger partial charge is 0.480 e. The van der Waals surface area contributed by atoms with Crippen LogP contribution in [0.1, 0.15) is 16.7 Å². The maximum atomic E-state index is 13.9. The third-order valence-corrected chi connectivity index (χ3v) is 5.86. The van der Waals surface area contributed by atoms with E-state index in [0.717, 1.165) is 16.0 Å². The number of ether oxygens (including phenoxy) is 1. The van der Waals surface area contributed by atoms with E-state index in [1.165, 1.54) is 30.0 Å².